The Morgan fingerprint density at radius 1 is 1.30 bits per heavy atom. The Balaban J connectivity index is 2.20. The third-order valence-corrected chi connectivity index (χ3v) is 3.45. The molecule has 0 aliphatic rings. The van der Waals surface area contributed by atoms with Gasteiger partial charge in [-0.2, -0.15) is 0 Å². The molecule has 2 N–H and O–H groups in total. The zero-order valence-electron chi connectivity index (χ0n) is 12.1. The van der Waals surface area contributed by atoms with Crippen LogP contribution in [0.2, 0.25) is 0 Å². The van der Waals surface area contributed by atoms with Gasteiger partial charge in [0.1, 0.15) is 0 Å². The molecule has 1 aromatic heterocycles. The lowest BCUT2D eigenvalue weighted by Gasteiger charge is -2.02. The molecule has 0 aliphatic heterocycles. The Labute approximate surface area is 119 Å². The zero-order chi connectivity index (χ0) is 14.5. The normalized spacial score (nSPS) is 10.7. The molecule has 0 aliphatic carbocycles. The lowest BCUT2D eigenvalue weighted by Crippen LogP contribution is -1.95. The molecule has 0 unspecified atom stereocenters. The molecule has 0 spiro atoms. The highest BCUT2D eigenvalue weighted by Gasteiger charge is 2.07. The molecule has 0 saturated carbocycles. The van der Waals surface area contributed by atoms with E-state index in [0.29, 0.717) is 6.42 Å². The molecule has 1 aromatic carbocycles. The van der Waals surface area contributed by atoms with E-state index < -0.39 is 5.97 Å². The van der Waals surface area contributed by atoms with Gasteiger partial charge in [-0.3, -0.25) is 4.79 Å². The first-order chi connectivity index (χ1) is 9.58. The number of nitrogens with one attached hydrogen (secondary N) is 1. The van der Waals surface area contributed by atoms with E-state index in [1.165, 1.54) is 27.6 Å². The third kappa shape index (κ3) is 3.50. The number of carboxylic acids is 1. The number of allylic oxidation sites excluding steroid dienone is 2. The molecule has 3 heteroatoms. The van der Waals surface area contributed by atoms with Crippen LogP contribution >= 0.6 is 0 Å². The molecule has 0 radical (unpaired) electrons. The number of hydrogen-bond donors (Lipinski definition) is 2. The van der Waals surface area contributed by atoms with Crippen LogP contribution in [0.15, 0.2) is 36.0 Å². The third-order valence-electron chi connectivity index (χ3n) is 3.45. The Morgan fingerprint density at radius 2 is 2.10 bits per heavy atom. The maximum absolute atomic E-state index is 10.6. The maximum Gasteiger partial charge on any atom is 0.303 e. The number of aromatic amines is 1. The van der Waals surface area contributed by atoms with Gasteiger partial charge in [-0.25, -0.2) is 0 Å². The van der Waals surface area contributed by atoms with Crippen LogP contribution < -0.4 is 0 Å². The second-order valence-corrected chi connectivity index (χ2v) is 5.39. The fourth-order valence-corrected chi connectivity index (χ4v) is 2.40. The minimum atomic E-state index is -0.728. The van der Waals surface area contributed by atoms with E-state index in [1.54, 1.807) is 0 Å². The molecule has 0 fully saturated rings. The average Bonchev–Trinajstić information content (AvgIpc) is 2.80. The van der Waals surface area contributed by atoms with E-state index in [2.05, 4.69) is 43.1 Å². The number of aromatic nitrogens is 1. The van der Waals surface area contributed by atoms with Gasteiger partial charge in [0.05, 0.1) is 0 Å². The molecule has 0 atom stereocenters. The van der Waals surface area contributed by atoms with Crippen LogP contribution in [0, 0.1) is 0 Å². The Morgan fingerprint density at radius 3 is 2.80 bits per heavy atom. The Kier molecular flexibility index (Phi) is 4.61. The number of carbonyl (C=O) groups is 1. The molecule has 1 heterocycles. The highest BCUT2D eigenvalue weighted by atomic mass is 16.4. The maximum atomic E-state index is 10.6. The van der Waals surface area contributed by atoms with Crippen molar-refractivity contribution >= 4 is 16.9 Å². The number of aliphatic carboxylic acids is 1. The molecule has 0 amide bonds. The number of H-pyrrole nitrogens is 1. The van der Waals surface area contributed by atoms with Crippen LogP contribution in [0.4, 0.5) is 0 Å². The topological polar surface area (TPSA) is 53.1 Å². The number of para-hydroxylation sites is 1. The van der Waals surface area contributed by atoms with Gasteiger partial charge in [0.2, 0.25) is 0 Å². The first-order valence-corrected chi connectivity index (χ1v) is 7.01. The number of hydrogen-bond acceptors (Lipinski definition) is 1. The van der Waals surface area contributed by atoms with Crippen molar-refractivity contribution in [1.82, 2.24) is 4.98 Å². The van der Waals surface area contributed by atoms with Crippen LogP contribution in [0.3, 0.4) is 0 Å². The quantitative estimate of drug-likeness (QED) is 0.778. The summed E-state index contributed by atoms with van der Waals surface area (Å²) >= 11 is 0. The largest absolute Gasteiger partial charge is 0.481 e. The zero-order valence-corrected chi connectivity index (χ0v) is 12.1. The summed E-state index contributed by atoms with van der Waals surface area (Å²) in [6.45, 7) is 4.21. The van der Waals surface area contributed by atoms with Gasteiger partial charge < -0.3 is 10.1 Å². The fraction of sp³-hybridized carbons (Fsp3) is 0.353. The number of aryl methyl sites for hydroxylation is 1. The molecular formula is C17H21NO2. The van der Waals surface area contributed by atoms with E-state index in [4.69, 9.17) is 5.11 Å². The summed E-state index contributed by atoms with van der Waals surface area (Å²) in [5.41, 5.74) is 4.99. The molecule has 0 bridgehead atoms. The molecule has 0 saturated heterocycles. The lowest BCUT2D eigenvalue weighted by atomic mass is 10.0. The van der Waals surface area contributed by atoms with E-state index in [1.807, 2.05) is 6.20 Å². The smallest absolute Gasteiger partial charge is 0.303 e. The van der Waals surface area contributed by atoms with Crippen LogP contribution in [-0.2, 0) is 17.6 Å². The summed E-state index contributed by atoms with van der Waals surface area (Å²) in [5, 5.41) is 9.92. The SMILES string of the molecule is CC(C)=CCc1cccc2c(CCCC(=O)O)c[nH]c12. The summed E-state index contributed by atoms with van der Waals surface area (Å²) in [6, 6.07) is 6.32. The lowest BCUT2D eigenvalue weighted by molar-refractivity contribution is -0.137. The predicted octanol–water partition coefficient (Wildman–Crippen LogP) is 4.08. The van der Waals surface area contributed by atoms with Gasteiger partial charge in [-0.1, -0.05) is 29.8 Å². The van der Waals surface area contributed by atoms with Gasteiger partial charge in [-0.05, 0) is 44.2 Å². The van der Waals surface area contributed by atoms with Crippen molar-refractivity contribution in [2.75, 3.05) is 0 Å². The highest BCUT2D eigenvalue weighted by molar-refractivity contribution is 5.86. The van der Waals surface area contributed by atoms with Gasteiger partial charge in [0, 0.05) is 23.5 Å². The number of benzene rings is 1. The molecule has 106 valence electrons. The van der Waals surface area contributed by atoms with Crippen LogP contribution in [0.25, 0.3) is 10.9 Å². The predicted molar refractivity (Wildman–Crippen MR) is 82.0 cm³/mol. The number of carboxylic acid groups (broad SMARTS) is 1. The minimum absolute atomic E-state index is 0.226. The summed E-state index contributed by atoms with van der Waals surface area (Å²) < 4.78 is 0. The standard InChI is InChI=1S/C17H21NO2/c1-12(2)9-10-13-5-3-7-15-14(11-18-17(13)15)6-4-8-16(19)20/h3,5,7,9,11,18H,4,6,8,10H2,1-2H3,(H,19,20). The van der Waals surface area contributed by atoms with Crippen molar-refractivity contribution in [3.05, 3.63) is 47.2 Å². The minimum Gasteiger partial charge on any atom is -0.481 e. The van der Waals surface area contributed by atoms with Crippen molar-refractivity contribution in [3.8, 4) is 0 Å². The summed E-state index contributed by atoms with van der Waals surface area (Å²) in [4.78, 5) is 13.9. The van der Waals surface area contributed by atoms with Gasteiger partial charge >= 0.3 is 5.97 Å². The van der Waals surface area contributed by atoms with E-state index >= 15 is 0 Å². The molecular weight excluding hydrogens is 250 g/mol. The Bertz CT molecular complexity index is 633. The second-order valence-electron chi connectivity index (χ2n) is 5.39. The van der Waals surface area contributed by atoms with Crippen molar-refractivity contribution in [2.45, 2.75) is 39.5 Å². The van der Waals surface area contributed by atoms with Crippen molar-refractivity contribution in [1.29, 1.82) is 0 Å². The van der Waals surface area contributed by atoms with Gasteiger partial charge in [0.15, 0.2) is 0 Å². The first kappa shape index (κ1) is 14.4. The highest BCUT2D eigenvalue weighted by Crippen LogP contribution is 2.24. The van der Waals surface area contributed by atoms with Crippen LogP contribution in [0.1, 0.15) is 37.8 Å². The van der Waals surface area contributed by atoms with Gasteiger partial charge in [-0.15, -0.1) is 0 Å². The molecule has 2 rings (SSSR count). The average molecular weight is 271 g/mol. The van der Waals surface area contributed by atoms with E-state index in [0.717, 1.165) is 12.8 Å². The van der Waals surface area contributed by atoms with Crippen LogP contribution in [0.5, 0.6) is 0 Å². The number of fused-ring (bicyclic) bond motifs is 1. The second kappa shape index (κ2) is 6.42. The fourth-order valence-electron chi connectivity index (χ4n) is 2.40. The summed E-state index contributed by atoms with van der Waals surface area (Å²) in [6.07, 6.45) is 6.87. The van der Waals surface area contributed by atoms with Crippen molar-refractivity contribution in [3.63, 3.8) is 0 Å². The summed E-state index contributed by atoms with van der Waals surface area (Å²) in [5.74, 6) is -0.728. The van der Waals surface area contributed by atoms with Gasteiger partial charge in [0.25, 0.3) is 0 Å². The Hall–Kier alpha value is -2.03. The van der Waals surface area contributed by atoms with Crippen molar-refractivity contribution in [2.24, 2.45) is 0 Å². The van der Waals surface area contributed by atoms with E-state index in [9.17, 15) is 4.79 Å². The molecule has 2 aromatic rings. The summed E-state index contributed by atoms with van der Waals surface area (Å²) in [7, 11) is 0. The first-order valence-electron chi connectivity index (χ1n) is 7.01. The van der Waals surface area contributed by atoms with Crippen molar-refractivity contribution < 1.29 is 9.90 Å². The molecule has 20 heavy (non-hydrogen) atoms. The monoisotopic (exact) mass is 271 g/mol. The molecule has 3 nitrogen and oxygen atoms in total. The van der Waals surface area contributed by atoms with E-state index in [-0.39, 0.29) is 6.42 Å². The number of rotatable bonds is 6. The van der Waals surface area contributed by atoms with Crippen LogP contribution in [-0.4, -0.2) is 16.1 Å².